The van der Waals surface area contributed by atoms with Gasteiger partial charge in [-0.2, -0.15) is 0 Å². The Kier molecular flexibility index (Phi) is 4.31. The molecule has 0 saturated carbocycles. The number of nitrogens with one attached hydrogen (secondary N) is 2. The van der Waals surface area contributed by atoms with Crippen molar-refractivity contribution in [3.8, 4) is 11.1 Å². The zero-order valence-electron chi connectivity index (χ0n) is 14.6. The highest BCUT2D eigenvalue weighted by atomic mass is 32.1. The molecule has 3 heterocycles. The Labute approximate surface area is 150 Å². The molecule has 25 heavy (non-hydrogen) atoms. The largest absolute Gasteiger partial charge is 0.341 e. The van der Waals surface area contributed by atoms with Gasteiger partial charge < -0.3 is 10.2 Å². The van der Waals surface area contributed by atoms with E-state index in [1.807, 2.05) is 5.38 Å². The van der Waals surface area contributed by atoms with E-state index in [1.54, 1.807) is 11.3 Å². The molecule has 0 bridgehead atoms. The smallest absolute Gasteiger partial charge is 0.261 e. The zero-order chi connectivity index (χ0) is 17.4. The fraction of sp³-hybridized carbons (Fsp3) is 0.368. The third-order valence-corrected chi connectivity index (χ3v) is 5.76. The molecule has 0 atom stereocenters. The number of hydrogen-bond acceptors (Lipinski definition) is 5. The van der Waals surface area contributed by atoms with Crippen molar-refractivity contribution in [2.45, 2.75) is 20.3 Å². The number of aromatic nitrogens is 2. The lowest BCUT2D eigenvalue weighted by Crippen LogP contribution is -2.31. The van der Waals surface area contributed by atoms with E-state index in [0.717, 1.165) is 48.6 Å². The molecule has 2 aromatic heterocycles. The van der Waals surface area contributed by atoms with Crippen molar-refractivity contribution in [1.29, 1.82) is 0 Å². The molecular formula is C19H22N4OS. The van der Waals surface area contributed by atoms with Crippen molar-refractivity contribution in [2.24, 2.45) is 0 Å². The van der Waals surface area contributed by atoms with Crippen LogP contribution in [0.3, 0.4) is 0 Å². The number of rotatable bonds is 2. The Hall–Kier alpha value is -2.18. The molecule has 4 rings (SSSR count). The van der Waals surface area contributed by atoms with Gasteiger partial charge in [-0.1, -0.05) is 18.2 Å². The van der Waals surface area contributed by atoms with Gasteiger partial charge in [0.05, 0.1) is 5.39 Å². The first-order valence-electron chi connectivity index (χ1n) is 8.68. The van der Waals surface area contributed by atoms with E-state index >= 15 is 0 Å². The Balaban J connectivity index is 1.79. The second-order valence-corrected chi connectivity index (χ2v) is 7.47. The predicted molar refractivity (Wildman–Crippen MR) is 105 cm³/mol. The predicted octanol–water partition coefficient (Wildman–Crippen LogP) is 3.07. The lowest BCUT2D eigenvalue weighted by molar-refractivity contribution is 0.724. The van der Waals surface area contributed by atoms with Gasteiger partial charge in [0, 0.05) is 30.6 Å². The van der Waals surface area contributed by atoms with Crippen LogP contribution >= 0.6 is 11.3 Å². The van der Waals surface area contributed by atoms with E-state index < -0.39 is 0 Å². The van der Waals surface area contributed by atoms with E-state index in [-0.39, 0.29) is 5.56 Å². The third-order valence-electron chi connectivity index (χ3n) is 4.89. The molecule has 6 heteroatoms. The Bertz CT molecular complexity index is 967. The van der Waals surface area contributed by atoms with E-state index in [9.17, 15) is 4.79 Å². The first kappa shape index (κ1) is 16.3. The maximum Gasteiger partial charge on any atom is 0.261 e. The lowest BCUT2D eigenvalue weighted by atomic mass is 10.0. The summed E-state index contributed by atoms with van der Waals surface area (Å²) in [5, 5.41) is 6.12. The Morgan fingerprint density at radius 3 is 2.88 bits per heavy atom. The zero-order valence-corrected chi connectivity index (χ0v) is 15.4. The molecule has 0 amide bonds. The summed E-state index contributed by atoms with van der Waals surface area (Å²) in [4.78, 5) is 23.5. The molecule has 1 aromatic carbocycles. The van der Waals surface area contributed by atoms with Crippen LogP contribution in [-0.4, -0.2) is 36.1 Å². The van der Waals surface area contributed by atoms with E-state index in [0.29, 0.717) is 11.3 Å². The maximum atomic E-state index is 12.8. The highest BCUT2D eigenvalue weighted by molar-refractivity contribution is 7.17. The van der Waals surface area contributed by atoms with Crippen LogP contribution in [0.5, 0.6) is 0 Å². The van der Waals surface area contributed by atoms with Crippen molar-refractivity contribution in [3.63, 3.8) is 0 Å². The van der Waals surface area contributed by atoms with Gasteiger partial charge in [-0.3, -0.25) is 9.78 Å². The number of H-pyrrole nitrogens is 1. The minimum atomic E-state index is -0.0494. The van der Waals surface area contributed by atoms with E-state index in [4.69, 9.17) is 4.98 Å². The fourth-order valence-electron chi connectivity index (χ4n) is 3.27. The molecule has 0 radical (unpaired) electrons. The van der Waals surface area contributed by atoms with Crippen LogP contribution in [0.2, 0.25) is 0 Å². The molecule has 1 aliphatic rings. The number of anilines is 1. The van der Waals surface area contributed by atoms with Gasteiger partial charge in [0.15, 0.2) is 0 Å². The first-order chi connectivity index (χ1) is 12.1. The van der Waals surface area contributed by atoms with Crippen LogP contribution in [-0.2, 0) is 0 Å². The van der Waals surface area contributed by atoms with Gasteiger partial charge in [-0.05, 0) is 43.5 Å². The summed E-state index contributed by atoms with van der Waals surface area (Å²) in [5.74, 6) is 0.690. The number of benzene rings is 1. The lowest BCUT2D eigenvalue weighted by Gasteiger charge is -2.20. The van der Waals surface area contributed by atoms with Gasteiger partial charge >= 0.3 is 0 Å². The number of nitrogens with zero attached hydrogens (tertiary/aromatic N) is 2. The average Bonchev–Trinajstić information content (AvgIpc) is 2.85. The molecule has 5 nitrogen and oxygen atoms in total. The number of thiophene rings is 1. The summed E-state index contributed by atoms with van der Waals surface area (Å²) in [7, 11) is 0. The third kappa shape index (κ3) is 3.07. The van der Waals surface area contributed by atoms with Crippen LogP contribution in [0.25, 0.3) is 21.3 Å². The minimum absolute atomic E-state index is 0.0494. The maximum absolute atomic E-state index is 12.8. The number of hydrogen-bond donors (Lipinski definition) is 2. The van der Waals surface area contributed by atoms with Crippen molar-refractivity contribution in [3.05, 3.63) is 45.1 Å². The molecule has 3 aromatic rings. The summed E-state index contributed by atoms with van der Waals surface area (Å²) in [6, 6.07) is 6.33. The molecule has 0 unspecified atom stereocenters. The topological polar surface area (TPSA) is 61.0 Å². The van der Waals surface area contributed by atoms with Gasteiger partial charge in [-0.25, -0.2) is 4.98 Å². The van der Waals surface area contributed by atoms with Crippen LogP contribution in [0, 0.1) is 13.8 Å². The van der Waals surface area contributed by atoms with Gasteiger partial charge in [0.2, 0.25) is 5.95 Å². The van der Waals surface area contributed by atoms with Crippen molar-refractivity contribution in [2.75, 3.05) is 31.1 Å². The molecule has 130 valence electrons. The Morgan fingerprint density at radius 2 is 2.04 bits per heavy atom. The second-order valence-electron chi connectivity index (χ2n) is 6.61. The van der Waals surface area contributed by atoms with E-state index in [1.165, 1.54) is 11.1 Å². The SMILES string of the molecule is Cc1ccc(-c2csc3nc(N4CCCNCC4)[nH]c(=O)c23)cc1C. The summed E-state index contributed by atoms with van der Waals surface area (Å²) >= 11 is 1.54. The van der Waals surface area contributed by atoms with Gasteiger partial charge in [0.25, 0.3) is 5.56 Å². The van der Waals surface area contributed by atoms with Crippen molar-refractivity contribution >= 4 is 27.5 Å². The molecule has 0 aliphatic carbocycles. The second kappa shape index (κ2) is 6.61. The number of fused-ring (bicyclic) bond motifs is 1. The molecule has 2 N–H and O–H groups in total. The van der Waals surface area contributed by atoms with Gasteiger partial charge in [0.1, 0.15) is 4.83 Å². The highest BCUT2D eigenvalue weighted by Crippen LogP contribution is 2.32. The summed E-state index contributed by atoms with van der Waals surface area (Å²) < 4.78 is 0. The first-order valence-corrected chi connectivity index (χ1v) is 9.56. The molecule has 0 spiro atoms. The molecule has 1 fully saturated rings. The average molecular weight is 354 g/mol. The van der Waals surface area contributed by atoms with Crippen LogP contribution in [0.1, 0.15) is 17.5 Å². The molecule has 1 aliphatic heterocycles. The fourth-order valence-corrected chi connectivity index (χ4v) is 4.21. The van der Waals surface area contributed by atoms with E-state index in [2.05, 4.69) is 47.2 Å². The summed E-state index contributed by atoms with van der Waals surface area (Å²) in [5.41, 5.74) is 4.49. The quantitative estimate of drug-likeness (QED) is 0.742. The van der Waals surface area contributed by atoms with Crippen molar-refractivity contribution < 1.29 is 0 Å². The molecule has 1 saturated heterocycles. The standard InChI is InChI=1S/C19H22N4OS/c1-12-4-5-14(10-13(12)2)15-11-25-18-16(15)17(24)21-19(22-18)23-8-3-6-20-7-9-23/h4-5,10-11,20H,3,6-9H2,1-2H3,(H,21,22,24). The van der Waals surface area contributed by atoms with Crippen LogP contribution < -0.4 is 15.8 Å². The van der Waals surface area contributed by atoms with Crippen molar-refractivity contribution in [1.82, 2.24) is 15.3 Å². The number of aryl methyl sites for hydroxylation is 2. The van der Waals surface area contributed by atoms with Crippen LogP contribution in [0.15, 0.2) is 28.4 Å². The monoisotopic (exact) mass is 354 g/mol. The summed E-state index contributed by atoms with van der Waals surface area (Å²) in [6.45, 7) is 7.91. The highest BCUT2D eigenvalue weighted by Gasteiger charge is 2.17. The number of aromatic amines is 1. The molecular weight excluding hydrogens is 332 g/mol. The minimum Gasteiger partial charge on any atom is -0.341 e. The normalized spacial score (nSPS) is 15.5. The Morgan fingerprint density at radius 1 is 1.16 bits per heavy atom. The van der Waals surface area contributed by atoms with Gasteiger partial charge in [-0.15, -0.1) is 11.3 Å². The van der Waals surface area contributed by atoms with Crippen LogP contribution in [0.4, 0.5) is 5.95 Å². The summed E-state index contributed by atoms with van der Waals surface area (Å²) in [6.07, 6.45) is 1.06.